The van der Waals surface area contributed by atoms with Gasteiger partial charge in [0, 0.05) is 29.2 Å². The molecule has 0 bridgehead atoms. The highest BCUT2D eigenvalue weighted by Crippen LogP contribution is 2.19. The Morgan fingerprint density at radius 2 is 2.28 bits per heavy atom. The molecule has 2 aromatic rings. The van der Waals surface area contributed by atoms with Crippen molar-refractivity contribution >= 4 is 16.8 Å². The number of terminal acetylenes is 1. The van der Waals surface area contributed by atoms with Crippen LogP contribution in [0.2, 0.25) is 0 Å². The van der Waals surface area contributed by atoms with Crippen LogP contribution in [0.4, 0.5) is 0 Å². The minimum atomic E-state index is 0.000000000000000222. The largest absolute Gasteiger partial charge is 0.361 e. The van der Waals surface area contributed by atoms with Gasteiger partial charge in [0.2, 0.25) is 0 Å². The van der Waals surface area contributed by atoms with Crippen LogP contribution in [-0.2, 0) is 0 Å². The topological polar surface area (TPSA) is 36.1 Å². The number of nitrogens with zero attached hydrogens (tertiary/aromatic N) is 1. The van der Waals surface area contributed by atoms with Gasteiger partial charge < -0.3 is 9.88 Å². The lowest BCUT2D eigenvalue weighted by Gasteiger charge is -2.19. The number of carbonyl (C=O) groups is 1. The Morgan fingerprint density at radius 1 is 1.44 bits per heavy atom. The number of benzene rings is 1. The number of carbonyl (C=O) groups excluding carboxylic acids is 1. The molecule has 0 atom stereocenters. The average molecular weight is 240 g/mol. The quantitative estimate of drug-likeness (QED) is 0.819. The fourth-order valence-electron chi connectivity index (χ4n) is 2.07. The minimum absolute atomic E-state index is 0.000000000000000222. The molecule has 0 saturated heterocycles. The molecule has 92 valence electrons. The molecule has 0 radical (unpaired) electrons. The van der Waals surface area contributed by atoms with Crippen molar-refractivity contribution < 1.29 is 4.79 Å². The van der Waals surface area contributed by atoms with Gasteiger partial charge in [0.1, 0.15) is 0 Å². The predicted octanol–water partition coefficient (Wildman–Crippen LogP) is 2.65. The summed E-state index contributed by atoms with van der Waals surface area (Å²) >= 11 is 0. The molecule has 1 aromatic carbocycles. The maximum Gasteiger partial charge on any atom is 0.255 e. The van der Waals surface area contributed by atoms with E-state index in [1.807, 2.05) is 37.4 Å². The van der Waals surface area contributed by atoms with Crippen LogP contribution in [0.25, 0.3) is 10.9 Å². The van der Waals surface area contributed by atoms with Gasteiger partial charge in [0.15, 0.2) is 0 Å². The summed E-state index contributed by atoms with van der Waals surface area (Å²) in [4.78, 5) is 17.3. The SMILES string of the molecule is C#CCN(CCC)C(=O)c1cccc2[nH]ccc12. The lowest BCUT2D eigenvalue weighted by Crippen LogP contribution is -2.32. The first-order valence-electron chi connectivity index (χ1n) is 6.06. The zero-order chi connectivity index (χ0) is 13.0. The van der Waals surface area contributed by atoms with E-state index in [0.717, 1.165) is 17.3 Å². The lowest BCUT2D eigenvalue weighted by molar-refractivity contribution is 0.0779. The fourth-order valence-corrected chi connectivity index (χ4v) is 2.07. The molecule has 0 aliphatic heterocycles. The van der Waals surface area contributed by atoms with Crippen molar-refractivity contribution in [3.63, 3.8) is 0 Å². The molecule has 18 heavy (non-hydrogen) atoms. The zero-order valence-electron chi connectivity index (χ0n) is 10.4. The van der Waals surface area contributed by atoms with Gasteiger partial charge >= 0.3 is 0 Å². The predicted molar refractivity (Wildman–Crippen MR) is 73.3 cm³/mol. The number of aromatic amines is 1. The molecule has 1 heterocycles. The third kappa shape index (κ3) is 2.23. The summed E-state index contributed by atoms with van der Waals surface area (Å²) in [6.07, 6.45) is 8.06. The van der Waals surface area contributed by atoms with E-state index in [9.17, 15) is 4.79 Å². The van der Waals surface area contributed by atoms with Crippen molar-refractivity contribution in [2.45, 2.75) is 13.3 Å². The van der Waals surface area contributed by atoms with Gasteiger partial charge in [-0.1, -0.05) is 18.9 Å². The summed E-state index contributed by atoms with van der Waals surface area (Å²) in [5.41, 5.74) is 1.68. The molecule has 0 unspecified atom stereocenters. The van der Waals surface area contributed by atoms with Crippen molar-refractivity contribution in [1.82, 2.24) is 9.88 Å². The summed E-state index contributed by atoms with van der Waals surface area (Å²) in [6, 6.07) is 7.60. The number of fused-ring (bicyclic) bond motifs is 1. The summed E-state index contributed by atoms with van der Waals surface area (Å²) in [5, 5.41) is 0.945. The van der Waals surface area contributed by atoms with Gasteiger partial charge in [-0.15, -0.1) is 6.42 Å². The van der Waals surface area contributed by atoms with E-state index in [-0.39, 0.29) is 5.91 Å². The van der Waals surface area contributed by atoms with Crippen molar-refractivity contribution in [3.8, 4) is 12.3 Å². The van der Waals surface area contributed by atoms with Crippen LogP contribution in [-0.4, -0.2) is 28.9 Å². The molecule has 0 saturated carbocycles. The van der Waals surface area contributed by atoms with Crippen LogP contribution in [0.15, 0.2) is 30.5 Å². The van der Waals surface area contributed by atoms with Gasteiger partial charge in [0.05, 0.1) is 6.54 Å². The first-order chi connectivity index (χ1) is 8.77. The molecule has 0 fully saturated rings. The van der Waals surface area contributed by atoms with E-state index in [0.29, 0.717) is 18.7 Å². The highest BCUT2D eigenvalue weighted by Gasteiger charge is 2.16. The zero-order valence-corrected chi connectivity index (χ0v) is 10.4. The third-order valence-electron chi connectivity index (χ3n) is 2.89. The molecule has 1 amide bonds. The highest BCUT2D eigenvalue weighted by atomic mass is 16.2. The summed E-state index contributed by atoms with van der Waals surface area (Å²) in [7, 11) is 0. The smallest absolute Gasteiger partial charge is 0.255 e. The standard InChI is InChI=1S/C15H16N2O/c1-3-10-17(11-4-2)15(18)13-6-5-7-14-12(13)8-9-16-14/h1,5-9,16H,4,10-11H2,2H3. The van der Waals surface area contributed by atoms with E-state index in [1.54, 1.807) is 4.90 Å². The van der Waals surface area contributed by atoms with Crippen molar-refractivity contribution in [2.24, 2.45) is 0 Å². The second-order valence-corrected chi connectivity index (χ2v) is 4.18. The van der Waals surface area contributed by atoms with Crippen LogP contribution in [0, 0.1) is 12.3 Å². The number of amides is 1. The Labute approximate surface area is 107 Å². The van der Waals surface area contributed by atoms with Crippen molar-refractivity contribution in [2.75, 3.05) is 13.1 Å². The number of H-pyrrole nitrogens is 1. The molecule has 0 spiro atoms. The van der Waals surface area contributed by atoms with E-state index >= 15 is 0 Å². The van der Waals surface area contributed by atoms with E-state index < -0.39 is 0 Å². The monoisotopic (exact) mass is 240 g/mol. The van der Waals surface area contributed by atoms with Gasteiger partial charge in [0.25, 0.3) is 5.91 Å². The number of nitrogens with one attached hydrogen (secondary N) is 1. The first kappa shape index (κ1) is 12.3. The van der Waals surface area contributed by atoms with E-state index in [2.05, 4.69) is 10.9 Å². The number of hydrogen-bond donors (Lipinski definition) is 1. The second kappa shape index (κ2) is 5.42. The van der Waals surface area contributed by atoms with Crippen LogP contribution in [0.1, 0.15) is 23.7 Å². The van der Waals surface area contributed by atoms with Crippen molar-refractivity contribution in [3.05, 3.63) is 36.0 Å². The van der Waals surface area contributed by atoms with E-state index in [1.165, 1.54) is 0 Å². The summed E-state index contributed by atoms with van der Waals surface area (Å²) in [6.45, 7) is 3.07. The Hall–Kier alpha value is -2.21. The number of aromatic nitrogens is 1. The van der Waals surface area contributed by atoms with Crippen LogP contribution < -0.4 is 0 Å². The maximum absolute atomic E-state index is 12.5. The molecule has 0 aliphatic rings. The molecule has 3 nitrogen and oxygen atoms in total. The molecule has 1 aromatic heterocycles. The Balaban J connectivity index is 2.37. The highest BCUT2D eigenvalue weighted by molar-refractivity contribution is 6.06. The van der Waals surface area contributed by atoms with Gasteiger partial charge in [-0.25, -0.2) is 0 Å². The third-order valence-corrected chi connectivity index (χ3v) is 2.89. The molecule has 2 rings (SSSR count). The molecule has 0 aliphatic carbocycles. The van der Waals surface area contributed by atoms with Crippen LogP contribution in [0.3, 0.4) is 0 Å². The van der Waals surface area contributed by atoms with Crippen molar-refractivity contribution in [1.29, 1.82) is 0 Å². The first-order valence-corrected chi connectivity index (χ1v) is 6.06. The fraction of sp³-hybridized carbons (Fsp3) is 0.267. The lowest BCUT2D eigenvalue weighted by atomic mass is 10.1. The Kier molecular flexibility index (Phi) is 3.69. The van der Waals surface area contributed by atoms with Crippen LogP contribution >= 0.6 is 0 Å². The normalized spacial score (nSPS) is 10.2. The molecule has 3 heteroatoms. The molecular weight excluding hydrogens is 224 g/mol. The second-order valence-electron chi connectivity index (χ2n) is 4.18. The summed E-state index contributed by atoms with van der Waals surface area (Å²) in [5.74, 6) is 2.54. The molecule has 1 N–H and O–H groups in total. The van der Waals surface area contributed by atoms with Gasteiger partial charge in [-0.2, -0.15) is 0 Å². The Bertz CT molecular complexity index is 592. The number of hydrogen-bond acceptors (Lipinski definition) is 1. The van der Waals surface area contributed by atoms with Gasteiger partial charge in [-0.3, -0.25) is 4.79 Å². The minimum Gasteiger partial charge on any atom is -0.361 e. The number of rotatable bonds is 4. The average Bonchev–Trinajstić information content (AvgIpc) is 2.85. The van der Waals surface area contributed by atoms with E-state index in [4.69, 9.17) is 6.42 Å². The maximum atomic E-state index is 12.5. The Morgan fingerprint density at radius 3 is 3.00 bits per heavy atom. The molecular formula is C15H16N2O. The van der Waals surface area contributed by atoms with Gasteiger partial charge in [-0.05, 0) is 24.6 Å². The van der Waals surface area contributed by atoms with Crippen LogP contribution in [0.5, 0.6) is 0 Å². The summed E-state index contributed by atoms with van der Waals surface area (Å²) < 4.78 is 0.